The van der Waals surface area contributed by atoms with Crippen LogP contribution in [0.2, 0.25) is 0 Å². The molecular formula is C10H10BrNO3. The highest BCUT2D eigenvalue weighted by Crippen LogP contribution is 2.26. The number of aliphatic imine (C=N–C) groups is 1. The minimum absolute atomic E-state index is 0.383. The highest BCUT2D eigenvalue weighted by atomic mass is 79.9. The summed E-state index contributed by atoms with van der Waals surface area (Å²) in [7, 11) is 1.55. The number of carbonyl (C=O) groups excluding carboxylic acids is 1. The van der Waals surface area contributed by atoms with Gasteiger partial charge in [-0.15, -0.1) is 0 Å². The lowest BCUT2D eigenvalue weighted by molar-refractivity contribution is 0.211. The van der Waals surface area contributed by atoms with Gasteiger partial charge in [0.25, 0.3) is 0 Å². The summed E-state index contributed by atoms with van der Waals surface area (Å²) < 4.78 is 9.97. The Balaban J connectivity index is 2.92. The first kappa shape index (κ1) is 11.7. The lowest BCUT2D eigenvalue weighted by Gasteiger charge is -2.07. The molecule has 0 fully saturated rings. The topological polar surface area (TPSA) is 47.9 Å². The third-order valence-electron chi connectivity index (χ3n) is 1.74. The molecule has 0 N–H and O–H groups in total. The minimum atomic E-state index is -0.733. The van der Waals surface area contributed by atoms with Crippen LogP contribution in [0, 0.1) is 0 Å². The first-order valence-corrected chi connectivity index (χ1v) is 5.24. The fraction of sp³-hybridized carbons (Fsp3) is 0.200. The second kappa shape index (κ2) is 5.50. The molecule has 0 radical (unpaired) electrons. The molecule has 0 heterocycles. The molecule has 0 unspecified atom stereocenters. The second-order valence-electron chi connectivity index (χ2n) is 2.63. The van der Waals surface area contributed by atoms with E-state index >= 15 is 0 Å². The Morgan fingerprint density at radius 1 is 1.60 bits per heavy atom. The maximum Gasteiger partial charge on any atom is 0.438 e. The average Bonchev–Trinajstić information content (AvgIpc) is 2.28. The number of amides is 1. The Morgan fingerprint density at radius 3 is 2.87 bits per heavy atom. The molecule has 1 aromatic carbocycles. The van der Waals surface area contributed by atoms with Gasteiger partial charge in [0, 0.05) is 17.0 Å². The average molecular weight is 272 g/mol. The number of hydrogen-bond acceptors (Lipinski definition) is 3. The normalized spacial score (nSPS) is 9.47. The number of alkyl halides is 1. The Kier molecular flexibility index (Phi) is 4.30. The van der Waals surface area contributed by atoms with Crippen molar-refractivity contribution in [2.24, 2.45) is 4.99 Å². The summed E-state index contributed by atoms with van der Waals surface area (Å²) in [5, 5.41) is 0.671. The van der Waals surface area contributed by atoms with Gasteiger partial charge in [-0.3, -0.25) is 0 Å². The van der Waals surface area contributed by atoms with E-state index in [1.807, 2.05) is 0 Å². The van der Waals surface area contributed by atoms with Crippen LogP contribution in [-0.2, 0) is 5.33 Å². The number of halogens is 1. The third-order valence-corrected chi connectivity index (χ3v) is 2.34. The molecule has 4 nitrogen and oxygen atoms in total. The number of rotatable bonds is 3. The molecule has 0 aliphatic heterocycles. The molecular weight excluding hydrogens is 262 g/mol. The molecule has 15 heavy (non-hydrogen) atoms. The van der Waals surface area contributed by atoms with Gasteiger partial charge in [0.2, 0.25) is 0 Å². The van der Waals surface area contributed by atoms with Crippen LogP contribution < -0.4 is 9.47 Å². The molecule has 80 valence electrons. The predicted octanol–water partition coefficient (Wildman–Crippen LogP) is 2.79. The molecule has 0 spiro atoms. The van der Waals surface area contributed by atoms with Gasteiger partial charge >= 0.3 is 6.09 Å². The molecule has 0 saturated carbocycles. The molecule has 0 atom stereocenters. The molecule has 1 aromatic rings. The monoisotopic (exact) mass is 271 g/mol. The van der Waals surface area contributed by atoms with Crippen molar-refractivity contribution in [2.75, 3.05) is 7.11 Å². The quantitative estimate of drug-likeness (QED) is 0.628. The van der Waals surface area contributed by atoms with Crippen molar-refractivity contribution >= 4 is 28.7 Å². The van der Waals surface area contributed by atoms with Gasteiger partial charge in [0.1, 0.15) is 11.5 Å². The van der Waals surface area contributed by atoms with Crippen molar-refractivity contribution in [3.05, 3.63) is 23.8 Å². The van der Waals surface area contributed by atoms with Gasteiger partial charge in [0.05, 0.1) is 7.11 Å². The van der Waals surface area contributed by atoms with Crippen LogP contribution in [0.1, 0.15) is 5.56 Å². The van der Waals surface area contributed by atoms with E-state index in [2.05, 4.69) is 27.6 Å². The number of ether oxygens (including phenoxy) is 2. The van der Waals surface area contributed by atoms with E-state index in [9.17, 15) is 4.79 Å². The van der Waals surface area contributed by atoms with Gasteiger partial charge in [-0.25, -0.2) is 4.79 Å². The van der Waals surface area contributed by atoms with E-state index in [0.29, 0.717) is 16.8 Å². The fourth-order valence-electron chi connectivity index (χ4n) is 1.03. The van der Waals surface area contributed by atoms with Gasteiger partial charge in [-0.05, 0) is 12.8 Å². The van der Waals surface area contributed by atoms with Gasteiger partial charge in [-0.1, -0.05) is 22.0 Å². The van der Waals surface area contributed by atoms with E-state index in [1.54, 1.807) is 25.3 Å². The van der Waals surface area contributed by atoms with Crippen molar-refractivity contribution in [2.45, 2.75) is 5.33 Å². The number of methoxy groups -OCH3 is 1. The number of carbonyl (C=O) groups is 1. The Labute approximate surface area is 96.0 Å². The van der Waals surface area contributed by atoms with Crippen molar-refractivity contribution in [3.63, 3.8) is 0 Å². The molecule has 0 aliphatic carbocycles. The molecule has 0 saturated heterocycles. The van der Waals surface area contributed by atoms with Crippen LogP contribution in [0.15, 0.2) is 23.2 Å². The summed E-state index contributed by atoms with van der Waals surface area (Å²) in [6, 6.07) is 5.10. The van der Waals surface area contributed by atoms with Crippen molar-refractivity contribution < 1.29 is 14.3 Å². The molecule has 0 bridgehead atoms. The highest BCUT2D eigenvalue weighted by molar-refractivity contribution is 9.08. The molecule has 5 heteroatoms. The lowest BCUT2D eigenvalue weighted by Crippen LogP contribution is -2.01. The van der Waals surface area contributed by atoms with E-state index in [-0.39, 0.29) is 0 Å². The highest BCUT2D eigenvalue weighted by Gasteiger charge is 2.06. The summed E-state index contributed by atoms with van der Waals surface area (Å²) in [5.41, 5.74) is 0.976. The first-order valence-electron chi connectivity index (χ1n) is 4.12. The smallest absolute Gasteiger partial charge is 0.438 e. The van der Waals surface area contributed by atoms with Crippen LogP contribution in [0.3, 0.4) is 0 Å². The first-order chi connectivity index (χ1) is 7.21. The molecule has 1 amide bonds. The van der Waals surface area contributed by atoms with Crippen LogP contribution in [0.25, 0.3) is 0 Å². The Hall–Kier alpha value is -1.36. The number of benzene rings is 1. The molecule has 1 rings (SSSR count). The molecule has 0 aromatic heterocycles. The van der Waals surface area contributed by atoms with E-state index < -0.39 is 6.09 Å². The predicted molar refractivity (Wildman–Crippen MR) is 61.2 cm³/mol. The summed E-state index contributed by atoms with van der Waals surface area (Å²) in [6.45, 7) is 3.07. The van der Waals surface area contributed by atoms with Gasteiger partial charge in [0.15, 0.2) is 0 Å². The van der Waals surface area contributed by atoms with Gasteiger partial charge < -0.3 is 9.47 Å². The SMILES string of the molecule is C=NC(=O)Oc1ccc(CBr)c(OC)c1. The van der Waals surface area contributed by atoms with E-state index in [1.165, 1.54) is 0 Å². The summed E-state index contributed by atoms with van der Waals surface area (Å²) in [4.78, 5) is 14.0. The van der Waals surface area contributed by atoms with Crippen LogP contribution >= 0.6 is 15.9 Å². The van der Waals surface area contributed by atoms with Crippen LogP contribution in [0.5, 0.6) is 11.5 Å². The second-order valence-corrected chi connectivity index (χ2v) is 3.19. The Bertz CT molecular complexity index is 379. The summed E-state index contributed by atoms with van der Waals surface area (Å²) in [6.07, 6.45) is -0.733. The molecule has 0 aliphatic rings. The van der Waals surface area contributed by atoms with Crippen LogP contribution in [-0.4, -0.2) is 19.9 Å². The van der Waals surface area contributed by atoms with E-state index in [0.717, 1.165) is 5.56 Å². The summed E-state index contributed by atoms with van der Waals surface area (Å²) in [5.74, 6) is 1.04. The summed E-state index contributed by atoms with van der Waals surface area (Å²) >= 11 is 3.32. The van der Waals surface area contributed by atoms with Crippen molar-refractivity contribution in [1.82, 2.24) is 0 Å². The maximum absolute atomic E-state index is 10.8. The van der Waals surface area contributed by atoms with Crippen molar-refractivity contribution in [1.29, 1.82) is 0 Å². The zero-order valence-electron chi connectivity index (χ0n) is 8.20. The largest absolute Gasteiger partial charge is 0.496 e. The number of nitrogens with zero attached hydrogens (tertiary/aromatic N) is 1. The maximum atomic E-state index is 10.8. The van der Waals surface area contributed by atoms with Crippen LogP contribution in [0.4, 0.5) is 4.79 Å². The minimum Gasteiger partial charge on any atom is -0.496 e. The van der Waals surface area contributed by atoms with E-state index in [4.69, 9.17) is 9.47 Å². The zero-order valence-corrected chi connectivity index (χ0v) is 9.78. The lowest BCUT2D eigenvalue weighted by atomic mass is 10.2. The fourth-order valence-corrected chi connectivity index (χ4v) is 1.50. The Morgan fingerprint density at radius 2 is 2.33 bits per heavy atom. The zero-order chi connectivity index (χ0) is 11.3. The van der Waals surface area contributed by atoms with Crippen molar-refractivity contribution in [3.8, 4) is 11.5 Å². The number of hydrogen-bond donors (Lipinski definition) is 0. The van der Waals surface area contributed by atoms with Gasteiger partial charge in [-0.2, -0.15) is 4.99 Å². The standard InChI is InChI=1S/C10H10BrNO3/c1-12-10(13)15-8-4-3-7(6-11)9(5-8)14-2/h3-5H,1,6H2,2H3. The third kappa shape index (κ3) is 3.06.